The fourth-order valence-electron chi connectivity index (χ4n) is 2.71. The molecule has 1 aliphatic rings. The van der Waals surface area contributed by atoms with E-state index in [2.05, 4.69) is 10.4 Å². The number of nitrogens with one attached hydrogen (secondary N) is 1. The van der Waals surface area contributed by atoms with Crippen LogP contribution in [-0.2, 0) is 6.54 Å². The summed E-state index contributed by atoms with van der Waals surface area (Å²) in [7, 11) is 0. The summed E-state index contributed by atoms with van der Waals surface area (Å²) in [6, 6.07) is 10.7. The Kier molecular flexibility index (Phi) is 3.89. The SMILES string of the molecule is CCn1nc(C(=O)Nc2ccc3c(c2)OCCO3)cc1-c1ccco1. The van der Waals surface area contributed by atoms with Crippen LogP contribution in [0.15, 0.2) is 47.1 Å². The number of aryl methyl sites for hydroxylation is 1. The fourth-order valence-corrected chi connectivity index (χ4v) is 2.71. The molecule has 7 heteroatoms. The van der Waals surface area contributed by atoms with Crippen molar-refractivity contribution in [2.45, 2.75) is 13.5 Å². The van der Waals surface area contributed by atoms with Crippen LogP contribution in [-0.4, -0.2) is 28.9 Å². The van der Waals surface area contributed by atoms with Crippen LogP contribution in [0.4, 0.5) is 5.69 Å². The van der Waals surface area contributed by atoms with Gasteiger partial charge in [-0.25, -0.2) is 0 Å². The number of carbonyl (C=O) groups is 1. The summed E-state index contributed by atoms with van der Waals surface area (Å²) in [4.78, 5) is 12.5. The Bertz CT molecular complexity index is 899. The number of anilines is 1. The Morgan fingerprint density at radius 2 is 2.04 bits per heavy atom. The van der Waals surface area contributed by atoms with Crippen molar-refractivity contribution in [1.29, 1.82) is 0 Å². The lowest BCUT2D eigenvalue weighted by molar-refractivity contribution is 0.102. The number of furan rings is 1. The first kappa shape index (κ1) is 15.3. The molecule has 7 nitrogen and oxygen atoms in total. The normalized spacial score (nSPS) is 12.8. The molecular weight excluding hydrogens is 322 g/mol. The third-order valence-electron chi connectivity index (χ3n) is 3.89. The maximum Gasteiger partial charge on any atom is 0.276 e. The van der Waals surface area contributed by atoms with E-state index in [4.69, 9.17) is 13.9 Å². The lowest BCUT2D eigenvalue weighted by Gasteiger charge is -2.18. The average Bonchev–Trinajstić information content (AvgIpc) is 3.30. The number of fused-ring (bicyclic) bond motifs is 1. The van der Waals surface area contributed by atoms with Gasteiger partial charge < -0.3 is 19.2 Å². The topological polar surface area (TPSA) is 78.5 Å². The van der Waals surface area contributed by atoms with Gasteiger partial charge in [0.2, 0.25) is 0 Å². The predicted molar refractivity (Wildman–Crippen MR) is 91.0 cm³/mol. The predicted octanol–water partition coefficient (Wildman–Crippen LogP) is 3.19. The van der Waals surface area contributed by atoms with Gasteiger partial charge >= 0.3 is 0 Å². The molecule has 0 spiro atoms. The van der Waals surface area contributed by atoms with Crippen molar-refractivity contribution >= 4 is 11.6 Å². The summed E-state index contributed by atoms with van der Waals surface area (Å²) < 4.78 is 18.2. The molecule has 3 aromatic rings. The molecule has 4 rings (SSSR count). The second-order valence-corrected chi connectivity index (χ2v) is 5.52. The quantitative estimate of drug-likeness (QED) is 0.790. The van der Waals surface area contributed by atoms with Crippen molar-refractivity contribution < 1.29 is 18.7 Å². The highest BCUT2D eigenvalue weighted by Crippen LogP contribution is 2.32. The molecule has 0 saturated carbocycles. The minimum atomic E-state index is -0.295. The van der Waals surface area contributed by atoms with Gasteiger partial charge in [0.1, 0.15) is 18.9 Å². The van der Waals surface area contributed by atoms with Crippen molar-refractivity contribution in [2.24, 2.45) is 0 Å². The van der Waals surface area contributed by atoms with Gasteiger partial charge in [0, 0.05) is 24.4 Å². The number of nitrogens with zero attached hydrogens (tertiary/aromatic N) is 2. The third kappa shape index (κ3) is 2.96. The first-order valence-electron chi connectivity index (χ1n) is 8.07. The number of rotatable bonds is 4. The van der Waals surface area contributed by atoms with Crippen molar-refractivity contribution in [3.05, 3.63) is 48.4 Å². The van der Waals surface area contributed by atoms with Crippen LogP contribution in [0.2, 0.25) is 0 Å². The van der Waals surface area contributed by atoms with Gasteiger partial charge in [0.05, 0.1) is 6.26 Å². The molecule has 1 aliphatic heterocycles. The van der Waals surface area contributed by atoms with E-state index in [1.54, 1.807) is 41.3 Å². The number of aromatic nitrogens is 2. The molecule has 0 atom stereocenters. The third-order valence-corrected chi connectivity index (χ3v) is 3.89. The van der Waals surface area contributed by atoms with Crippen molar-refractivity contribution in [2.75, 3.05) is 18.5 Å². The van der Waals surface area contributed by atoms with Gasteiger partial charge in [-0.2, -0.15) is 5.10 Å². The summed E-state index contributed by atoms with van der Waals surface area (Å²) in [5, 5.41) is 7.19. The van der Waals surface area contributed by atoms with Crippen molar-refractivity contribution in [3.8, 4) is 23.0 Å². The molecule has 3 heterocycles. The molecule has 25 heavy (non-hydrogen) atoms. The number of benzene rings is 1. The van der Waals surface area contributed by atoms with E-state index in [1.807, 2.05) is 13.0 Å². The van der Waals surface area contributed by atoms with Gasteiger partial charge in [0.15, 0.2) is 23.0 Å². The van der Waals surface area contributed by atoms with Crippen LogP contribution in [0.1, 0.15) is 17.4 Å². The van der Waals surface area contributed by atoms with Gasteiger partial charge in [-0.3, -0.25) is 9.48 Å². The smallest absolute Gasteiger partial charge is 0.276 e. The van der Waals surface area contributed by atoms with Gasteiger partial charge in [-0.15, -0.1) is 0 Å². The van der Waals surface area contributed by atoms with E-state index in [9.17, 15) is 4.79 Å². The Labute approximate surface area is 144 Å². The highest BCUT2D eigenvalue weighted by Gasteiger charge is 2.18. The highest BCUT2D eigenvalue weighted by molar-refractivity contribution is 6.03. The largest absolute Gasteiger partial charge is 0.486 e. The van der Waals surface area contributed by atoms with E-state index in [0.717, 1.165) is 5.69 Å². The summed E-state index contributed by atoms with van der Waals surface area (Å²) >= 11 is 0. The molecule has 1 N–H and O–H groups in total. The van der Waals surface area contributed by atoms with Crippen LogP contribution in [0.5, 0.6) is 11.5 Å². The van der Waals surface area contributed by atoms with E-state index < -0.39 is 0 Å². The minimum absolute atomic E-state index is 0.295. The molecule has 2 aromatic heterocycles. The molecule has 0 saturated heterocycles. The van der Waals surface area contributed by atoms with Crippen molar-refractivity contribution in [3.63, 3.8) is 0 Å². The first-order chi connectivity index (χ1) is 12.2. The van der Waals surface area contributed by atoms with Crippen molar-refractivity contribution in [1.82, 2.24) is 9.78 Å². The molecule has 0 unspecified atom stereocenters. The Hall–Kier alpha value is -3.22. The van der Waals surface area contributed by atoms with Crippen LogP contribution in [0.25, 0.3) is 11.5 Å². The monoisotopic (exact) mass is 339 g/mol. The average molecular weight is 339 g/mol. The summed E-state index contributed by atoms with van der Waals surface area (Å²) in [6.45, 7) is 3.62. The second kappa shape index (κ2) is 6.35. The van der Waals surface area contributed by atoms with Gasteiger partial charge in [-0.1, -0.05) is 0 Å². The maximum atomic E-state index is 12.5. The number of amides is 1. The van der Waals surface area contributed by atoms with Crippen LogP contribution < -0.4 is 14.8 Å². The Balaban J connectivity index is 1.57. The number of carbonyl (C=O) groups excluding carboxylic acids is 1. The molecule has 1 aromatic carbocycles. The summed E-state index contributed by atoms with van der Waals surface area (Å²) in [6.07, 6.45) is 1.59. The molecular formula is C18H17N3O4. The molecule has 1 amide bonds. The van der Waals surface area contributed by atoms with Crippen LogP contribution in [0.3, 0.4) is 0 Å². The minimum Gasteiger partial charge on any atom is -0.486 e. The van der Waals surface area contributed by atoms with Crippen LogP contribution in [0, 0.1) is 0 Å². The zero-order valence-corrected chi connectivity index (χ0v) is 13.7. The molecule has 128 valence electrons. The fraction of sp³-hybridized carbons (Fsp3) is 0.222. The molecule has 0 bridgehead atoms. The van der Waals surface area contributed by atoms with Gasteiger partial charge in [-0.05, 0) is 31.2 Å². The first-order valence-corrected chi connectivity index (χ1v) is 8.07. The standard InChI is InChI=1S/C18H17N3O4/c1-2-21-14(15-4-3-7-23-15)11-13(20-21)18(22)19-12-5-6-16-17(10-12)25-9-8-24-16/h3-7,10-11H,2,8-9H2,1H3,(H,19,22). The molecule has 0 aliphatic carbocycles. The second-order valence-electron chi connectivity index (χ2n) is 5.52. The summed E-state index contributed by atoms with van der Waals surface area (Å²) in [5.41, 5.74) is 1.71. The number of hydrogen-bond donors (Lipinski definition) is 1. The summed E-state index contributed by atoms with van der Waals surface area (Å²) in [5.74, 6) is 1.68. The maximum absolute atomic E-state index is 12.5. The molecule has 0 fully saturated rings. The lowest BCUT2D eigenvalue weighted by Crippen LogP contribution is -2.16. The number of hydrogen-bond acceptors (Lipinski definition) is 5. The van der Waals surface area contributed by atoms with E-state index in [0.29, 0.717) is 48.4 Å². The zero-order valence-electron chi connectivity index (χ0n) is 13.7. The number of ether oxygens (including phenoxy) is 2. The zero-order chi connectivity index (χ0) is 17.2. The molecule has 0 radical (unpaired) electrons. The lowest BCUT2D eigenvalue weighted by atomic mass is 10.2. The van der Waals surface area contributed by atoms with E-state index >= 15 is 0 Å². The highest BCUT2D eigenvalue weighted by atomic mass is 16.6. The van der Waals surface area contributed by atoms with Gasteiger partial charge in [0.25, 0.3) is 5.91 Å². The Morgan fingerprint density at radius 1 is 1.20 bits per heavy atom. The van der Waals surface area contributed by atoms with Crippen LogP contribution >= 0.6 is 0 Å². The van der Waals surface area contributed by atoms with E-state index in [1.165, 1.54) is 0 Å². The van der Waals surface area contributed by atoms with E-state index in [-0.39, 0.29) is 5.91 Å². The Morgan fingerprint density at radius 3 is 2.80 bits per heavy atom.